The molecule has 1 aliphatic heterocycles. The predicted octanol–water partition coefficient (Wildman–Crippen LogP) is 3.13. The minimum Gasteiger partial charge on any atom is -0.480 e. The molecule has 1 aliphatic rings. The largest absolute Gasteiger partial charge is 0.480 e. The zero-order valence-corrected chi connectivity index (χ0v) is 13.2. The summed E-state index contributed by atoms with van der Waals surface area (Å²) >= 11 is 0. The van der Waals surface area contributed by atoms with Gasteiger partial charge in [0, 0.05) is 6.54 Å². The SMILES string of the molecule is CC(C)CC1CCC(C(=O)O)N(C(=O)OC(C)(C)C)C1. The van der Waals surface area contributed by atoms with Gasteiger partial charge in [0.15, 0.2) is 0 Å². The van der Waals surface area contributed by atoms with E-state index < -0.39 is 23.7 Å². The fourth-order valence-electron chi connectivity index (χ4n) is 2.68. The van der Waals surface area contributed by atoms with Gasteiger partial charge in [-0.15, -0.1) is 0 Å². The number of carboxylic acids is 1. The molecule has 1 heterocycles. The highest BCUT2D eigenvalue weighted by Crippen LogP contribution is 2.28. The molecule has 2 atom stereocenters. The van der Waals surface area contributed by atoms with Crippen LogP contribution in [0.25, 0.3) is 0 Å². The summed E-state index contributed by atoms with van der Waals surface area (Å²) in [5.41, 5.74) is -0.606. The van der Waals surface area contributed by atoms with Crippen LogP contribution in [0.3, 0.4) is 0 Å². The van der Waals surface area contributed by atoms with E-state index in [1.54, 1.807) is 20.8 Å². The molecular formula is C15H27NO4. The minimum atomic E-state index is -0.946. The van der Waals surface area contributed by atoms with Crippen LogP contribution in [0.1, 0.15) is 53.9 Å². The fraction of sp³-hybridized carbons (Fsp3) is 0.867. The molecule has 5 heteroatoms. The quantitative estimate of drug-likeness (QED) is 0.865. The number of carbonyl (C=O) groups excluding carboxylic acids is 1. The summed E-state index contributed by atoms with van der Waals surface area (Å²) in [7, 11) is 0. The lowest BCUT2D eigenvalue weighted by Gasteiger charge is -2.38. The summed E-state index contributed by atoms with van der Waals surface area (Å²) in [4.78, 5) is 24.9. The van der Waals surface area contributed by atoms with E-state index in [1.165, 1.54) is 4.90 Å². The van der Waals surface area contributed by atoms with Crippen LogP contribution in [0.2, 0.25) is 0 Å². The van der Waals surface area contributed by atoms with Crippen molar-refractivity contribution < 1.29 is 19.4 Å². The lowest BCUT2D eigenvalue weighted by molar-refractivity contribution is -0.145. The van der Waals surface area contributed by atoms with Gasteiger partial charge in [-0.25, -0.2) is 9.59 Å². The Kier molecular flexibility index (Phi) is 5.42. The third-order valence-electron chi connectivity index (χ3n) is 3.40. The molecule has 20 heavy (non-hydrogen) atoms. The Balaban J connectivity index is 2.78. The Bertz CT molecular complexity index is 359. The molecule has 0 spiro atoms. The van der Waals surface area contributed by atoms with Crippen molar-refractivity contribution in [2.45, 2.75) is 65.5 Å². The van der Waals surface area contributed by atoms with Gasteiger partial charge in [-0.05, 0) is 51.9 Å². The van der Waals surface area contributed by atoms with Gasteiger partial charge in [0.25, 0.3) is 0 Å². The molecule has 0 radical (unpaired) electrons. The molecule has 116 valence electrons. The Labute approximate surface area is 121 Å². The monoisotopic (exact) mass is 285 g/mol. The summed E-state index contributed by atoms with van der Waals surface area (Å²) in [5, 5.41) is 9.27. The van der Waals surface area contributed by atoms with Crippen molar-refractivity contribution in [3.8, 4) is 0 Å². The number of piperidine rings is 1. The van der Waals surface area contributed by atoms with Gasteiger partial charge in [-0.2, -0.15) is 0 Å². The van der Waals surface area contributed by atoms with E-state index in [0.717, 1.165) is 12.8 Å². The highest BCUT2D eigenvalue weighted by molar-refractivity contribution is 5.80. The molecule has 5 nitrogen and oxygen atoms in total. The summed E-state index contributed by atoms with van der Waals surface area (Å²) in [6.07, 6.45) is 1.85. The highest BCUT2D eigenvalue weighted by atomic mass is 16.6. The van der Waals surface area contributed by atoms with E-state index in [1.807, 2.05) is 0 Å². The van der Waals surface area contributed by atoms with E-state index in [9.17, 15) is 14.7 Å². The first-order valence-corrected chi connectivity index (χ1v) is 7.32. The number of carbonyl (C=O) groups is 2. The van der Waals surface area contributed by atoms with Crippen LogP contribution < -0.4 is 0 Å². The van der Waals surface area contributed by atoms with E-state index in [2.05, 4.69) is 13.8 Å². The molecule has 1 N–H and O–H groups in total. The van der Waals surface area contributed by atoms with Gasteiger partial charge in [0.2, 0.25) is 0 Å². The van der Waals surface area contributed by atoms with Crippen LogP contribution in [0.15, 0.2) is 0 Å². The number of nitrogens with zero attached hydrogens (tertiary/aromatic N) is 1. The molecule has 0 aliphatic carbocycles. The Morgan fingerprint density at radius 3 is 2.35 bits per heavy atom. The van der Waals surface area contributed by atoms with E-state index in [4.69, 9.17) is 4.74 Å². The summed E-state index contributed by atoms with van der Waals surface area (Å²) in [6.45, 7) is 10.1. The third kappa shape index (κ3) is 5.02. The maximum atomic E-state index is 12.2. The molecule has 0 bridgehead atoms. The number of rotatable bonds is 3. The Morgan fingerprint density at radius 2 is 1.90 bits per heavy atom. The molecule has 1 fully saturated rings. The van der Waals surface area contributed by atoms with Crippen molar-refractivity contribution in [2.24, 2.45) is 11.8 Å². The fourth-order valence-corrected chi connectivity index (χ4v) is 2.68. The van der Waals surface area contributed by atoms with Crippen LogP contribution in [0.4, 0.5) is 4.79 Å². The number of amides is 1. The number of likely N-dealkylation sites (tertiary alicyclic amines) is 1. The molecule has 0 aromatic heterocycles. The average molecular weight is 285 g/mol. The van der Waals surface area contributed by atoms with Crippen LogP contribution in [-0.2, 0) is 9.53 Å². The topological polar surface area (TPSA) is 66.8 Å². The summed E-state index contributed by atoms with van der Waals surface area (Å²) in [5.74, 6) is -0.0427. The van der Waals surface area contributed by atoms with Crippen molar-refractivity contribution in [1.29, 1.82) is 0 Å². The second-order valence-corrected chi connectivity index (χ2v) is 7.06. The standard InChI is InChI=1S/C15H27NO4/c1-10(2)8-11-6-7-12(13(17)18)16(9-11)14(19)20-15(3,4)5/h10-12H,6-9H2,1-5H3,(H,17,18). The number of hydrogen-bond donors (Lipinski definition) is 1. The number of ether oxygens (including phenoxy) is 1. The van der Waals surface area contributed by atoms with E-state index in [-0.39, 0.29) is 0 Å². The van der Waals surface area contributed by atoms with Crippen molar-refractivity contribution in [3.05, 3.63) is 0 Å². The second kappa shape index (κ2) is 6.46. The molecule has 0 saturated carbocycles. The second-order valence-electron chi connectivity index (χ2n) is 7.06. The summed E-state index contributed by atoms with van der Waals surface area (Å²) in [6, 6.07) is -0.756. The molecule has 0 aromatic carbocycles. The summed E-state index contributed by atoms with van der Waals surface area (Å²) < 4.78 is 5.33. The smallest absolute Gasteiger partial charge is 0.411 e. The highest BCUT2D eigenvalue weighted by Gasteiger charge is 2.38. The van der Waals surface area contributed by atoms with Crippen molar-refractivity contribution in [1.82, 2.24) is 4.90 Å². The first-order chi connectivity index (χ1) is 9.10. The van der Waals surface area contributed by atoms with Crippen molar-refractivity contribution in [3.63, 3.8) is 0 Å². The first-order valence-electron chi connectivity index (χ1n) is 7.32. The van der Waals surface area contributed by atoms with Crippen LogP contribution >= 0.6 is 0 Å². The molecule has 1 amide bonds. The number of aliphatic carboxylic acids is 1. The maximum Gasteiger partial charge on any atom is 0.411 e. The maximum absolute atomic E-state index is 12.2. The minimum absolute atomic E-state index is 0.359. The molecule has 2 unspecified atom stereocenters. The number of hydrogen-bond acceptors (Lipinski definition) is 3. The van der Waals surface area contributed by atoms with Crippen LogP contribution in [0.5, 0.6) is 0 Å². The lowest BCUT2D eigenvalue weighted by Crippen LogP contribution is -2.52. The first kappa shape index (κ1) is 16.8. The average Bonchev–Trinajstić information content (AvgIpc) is 2.25. The van der Waals surface area contributed by atoms with Gasteiger partial charge >= 0.3 is 12.1 Å². The number of carboxylic acid groups (broad SMARTS) is 1. The zero-order valence-electron chi connectivity index (χ0n) is 13.2. The molecule has 1 saturated heterocycles. The van der Waals surface area contributed by atoms with Gasteiger partial charge in [0.1, 0.15) is 11.6 Å². The van der Waals surface area contributed by atoms with Crippen molar-refractivity contribution in [2.75, 3.05) is 6.54 Å². The zero-order chi connectivity index (χ0) is 15.5. The molecule has 1 rings (SSSR count). The van der Waals surface area contributed by atoms with E-state index in [0.29, 0.717) is 24.8 Å². The van der Waals surface area contributed by atoms with Gasteiger partial charge in [0.05, 0.1) is 0 Å². The third-order valence-corrected chi connectivity index (χ3v) is 3.40. The normalized spacial score (nSPS) is 23.8. The van der Waals surface area contributed by atoms with Crippen LogP contribution in [0, 0.1) is 11.8 Å². The predicted molar refractivity (Wildman–Crippen MR) is 76.5 cm³/mol. The lowest BCUT2D eigenvalue weighted by atomic mass is 9.87. The van der Waals surface area contributed by atoms with E-state index >= 15 is 0 Å². The molecule has 0 aromatic rings. The van der Waals surface area contributed by atoms with Crippen molar-refractivity contribution >= 4 is 12.1 Å². The van der Waals surface area contributed by atoms with Gasteiger partial charge in [-0.1, -0.05) is 13.8 Å². The van der Waals surface area contributed by atoms with Gasteiger partial charge in [-0.3, -0.25) is 4.90 Å². The Hall–Kier alpha value is -1.26. The van der Waals surface area contributed by atoms with Crippen LogP contribution in [-0.4, -0.2) is 40.3 Å². The Morgan fingerprint density at radius 1 is 1.30 bits per heavy atom. The van der Waals surface area contributed by atoms with Gasteiger partial charge < -0.3 is 9.84 Å². The molecular weight excluding hydrogens is 258 g/mol.